The summed E-state index contributed by atoms with van der Waals surface area (Å²) in [7, 11) is 0. The Labute approximate surface area is 136 Å². The monoisotopic (exact) mass is 308 g/mol. The van der Waals surface area contributed by atoms with Crippen molar-refractivity contribution in [3.8, 4) is 5.75 Å². The van der Waals surface area contributed by atoms with Crippen LogP contribution in [0.25, 0.3) is 0 Å². The summed E-state index contributed by atoms with van der Waals surface area (Å²) in [6.45, 7) is 4.41. The zero-order valence-electron chi connectivity index (χ0n) is 13.3. The fourth-order valence-corrected chi connectivity index (χ4v) is 3.14. The molecule has 0 saturated heterocycles. The van der Waals surface area contributed by atoms with Gasteiger partial charge in [0.05, 0.1) is 12.0 Å². The second-order valence-electron chi connectivity index (χ2n) is 5.97. The van der Waals surface area contributed by atoms with Crippen molar-refractivity contribution in [3.63, 3.8) is 0 Å². The summed E-state index contributed by atoms with van der Waals surface area (Å²) < 4.78 is 5.86. The molecule has 23 heavy (non-hydrogen) atoms. The first-order valence-electron chi connectivity index (χ1n) is 7.74. The lowest BCUT2D eigenvalue weighted by Gasteiger charge is -2.20. The van der Waals surface area contributed by atoms with Gasteiger partial charge in [0, 0.05) is 0 Å². The maximum atomic E-state index is 12.0. The van der Waals surface area contributed by atoms with E-state index in [9.17, 15) is 9.90 Å². The van der Waals surface area contributed by atoms with E-state index in [0.717, 1.165) is 28.0 Å². The average molecular weight is 308 g/mol. The summed E-state index contributed by atoms with van der Waals surface area (Å²) >= 11 is 0. The molecule has 1 aliphatic rings. The molecule has 0 spiro atoms. The summed E-state index contributed by atoms with van der Waals surface area (Å²) in [5.74, 6) is 0.250. The molecule has 0 fully saturated rings. The number of aliphatic hydroxyl groups is 1. The molecular formula is C20H20O3. The Kier molecular flexibility index (Phi) is 4.30. The molecule has 1 aliphatic carbocycles. The van der Waals surface area contributed by atoms with Crippen LogP contribution in [0.5, 0.6) is 5.75 Å². The Morgan fingerprint density at radius 2 is 1.74 bits per heavy atom. The normalized spacial score (nSPS) is 20.0. The van der Waals surface area contributed by atoms with Crippen molar-refractivity contribution in [2.75, 3.05) is 0 Å². The van der Waals surface area contributed by atoms with Gasteiger partial charge < -0.3 is 9.84 Å². The highest BCUT2D eigenvalue weighted by molar-refractivity contribution is 5.99. The van der Waals surface area contributed by atoms with Gasteiger partial charge in [-0.2, -0.15) is 0 Å². The third-order valence-electron chi connectivity index (χ3n) is 4.23. The second-order valence-corrected chi connectivity index (χ2v) is 5.97. The van der Waals surface area contributed by atoms with Crippen molar-refractivity contribution in [2.45, 2.75) is 32.5 Å². The van der Waals surface area contributed by atoms with Crippen molar-refractivity contribution >= 4 is 5.78 Å². The Morgan fingerprint density at radius 3 is 2.30 bits per heavy atom. The summed E-state index contributed by atoms with van der Waals surface area (Å²) in [5, 5.41) is 10.0. The molecule has 0 aromatic heterocycles. The van der Waals surface area contributed by atoms with Gasteiger partial charge in [0.25, 0.3) is 0 Å². The van der Waals surface area contributed by atoms with E-state index >= 15 is 0 Å². The Balaban J connectivity index is 1.82. The number of rotatable bonds is 4. The Hall–Kier alpha value is -2.39. The number of hydrogen-bond acceptors (Lipinski definition) is 3. The van der Waals surface area contributed by atoms with Gasteiger partial charge in [-0.05, 0) is 54.3 Å². The van der Waals surface area contributed by atoms with E-state index in [2.05, 4.69) is 0 Å². The van der Waals surface area contributed by atoms with Gasteiger partial charge in [-0.3, -0.25) is 4.79 Å². The number of ether oxygens (including phenoxy) is 1. The molecule has 2 unspecified atom stereocenters. The van der Waals surface area contributed by atoms with Gasteiger partial charge >= 0.3 is 0 Å². The van der Waals surface area contributed by atoms with Crippen LogP contribution in [0.3, 0.4) is 0 Å². The highest BCUT2D eigenvalue weighted by Crippen LogP contribution is 2.34. The Morgan fingerprint density at radius 1 is 1.09 bits per heavy atom. The number of allylic oxidation sites excluding steroid dienone is 1. The number of aliphatic hydroxyl groups excluding tert-OH is 1. The first-order chi connectivity index (χ1) is 11.1. The lowest BCUT2D eigenvalue weighted by molar-refractivity contribution is -0.116. The minimum atomic E-state index is -0.740. The van der Waals surface area contributed by atoms with Crippen LogP contribution in [0.1, 0.15) is 28.2 Å². The fraction of sp³-hybridized carbons (Fsp3) is 0.250. The number of benzene rings is 2. The van der Waals surface area contributed by atoms with Crippen LogP contribution in [0.4, 0.5) is 0 Å². The van der Waals surface area contributed by atoms with Crippen molar-refractivity contribution < 1.29 is 14.6 Å². The summed E-state index contributed by atoms with van der Waals surface area (Å²) in [5.41, 5.74) is 3.94. The molecule has 0 aliphatic heterocycles. The van der Waals surface area contributed by atoms with Gasteiger partial charge in [-0.25, -0.2) is 0 Å². The van der Waals surface area contributed by atoms with Gasteiger partial charge in [-0.1, -0.05) is 36.4 Å². The molecule has 3 heteroatoms. The lowest BCUT2D eigenvalue weighted by Crippen LogP contribution is -2.20. The molecule has 0 amide bonds. The quantitative estimate of drug-likeness (QED) is 0.941. The average Bonchev–Trinajstić information content (AvgIpc) is 2.86. The smallest absolute Gasteiger partial charge is 0.165 e. The van der Waals surface area contributed by atoms with Crippen molar-refractivity contribution in [1.29, 1.82) is 0 Å². The third-order valence-corrected chi connectivity index (χ3v) is 4.23. The van der Waals surface area contributed by atoms with Crippen LogP contribution < -0.4 is 4.74 Å². The summed E-state index contributed by atoms with van der Waals surface area (Å²) in [4.78, 5) is 12.0. The number of aryl methyl sites for hydroxylation is 2. The maximum Gasteiger partial charge on any atom is 0.165 e. The van der Waals surface area contributed by atoms with Gasteiger partial charge in [0.1, 0.15) is 12.4 Å². The zero-order chi connectivity index (χ0) is 16.4. The summed E-state index contributed by atoms with van der Waals surface area (Å²) in [6.07, 6.45) is 2.29. The topological polar surface area (TPSA) is 46.5 Å². The number of hydrogen-bond donors (Lipinski definition) is 1. The number of carbonyl (C=O) groups is 1. The van der Waals surface area contributed by atoms with Crippen LogP contribution in [0, 0.1) is 13.8 Å². The van der Waals surface area contributed by atoms with Crippen molar-refractivity contribution in [3.05, 3.63) is 76.9 Å². The molecule has 1 N–H and O–H groups in total. The van der Waals surface area contributed by atoms with E-state index in [1.54, 1.807) is 6.08 Å². The van der Waals surface area contributed by atoms with Crippen LogP contribution in [-0.2, 0) is 11.4 Å². The molecule has 2 aromatic rings. The van der Waals surface area contributed by atoms with Gasteiger partial charge in [0.2, 0.25) is 0 Å². The second kappa shape index (κ2) is 6.39. The van der Waals surface area contributed by atoms with E-state index < -0.39 is 12.0 Å². The first kappa shape index (κ1) is 15.5. The Bertz CT molecular complexity index is 724. The molecule has 2 aromatic carbocycles. The van der Waals surface area contributed by atoms with E-state index in [4.69, 9.17) is 4.74 Å². The molecule has 0 bridgehead atoms. The molecule has 0 saturated carbocycles. The van der Waals surface area contributed by atoms with Crippen LogP contribution >= 0.6 is 0 Å². The molecule has 3 nitrogen and oxygen atoms in total. The third kappa shape index (κ3) is 3.20. The van der Waals surface area contributed by atoms with E-state index in [-0.39, 0.29) is 5.78 Å². The first-order valence-corrected chi connectivity index (χ1v) is 7.74. The van der Waals surface area contributed by atoms with Gasteiger partial charge in [0.15, 0.2) is 5.78 Å². The predicted octanol–water partition coefficient (Wildman–Crippen LogP) is 3.47. The molecule has 118 valence electrons. The van der Waals surface area contributed by atoms with Crippen molar-refractivity contribution in [1.82, 2.24) is 0 Å². The molecule has 2 atom stereocenters. The minimum absolute atomic E-state index is 0.0401. The fourth-order valence-electron chi connectivity index (χ4n) is 3.14. The lowest BCUT2D eigenvalue weighted by atomic mass is 9.87. The molecule has 0 heterocycles. The highest BCUT2D eigenvalue weighted by atomic mass is 16.5. The van der Waals surface area contributed by atoms with E-state index in [1.165, 1.54) is 6.08 Å². The standard InChI is InChI=1S/C20H20O3/c1-13-10-16(23-12-15-6-4-3-5-7-15)11-14(2)19(13)20-17(21)8-9-18(20)22/h3-11,17,20-21H,12H2,1-2H3. The SMILES string of the molecule is Cc1cc(OCc2ccccc2)cc(C)c1C1C(=O)C=CC1O. The van der Waals surface area contributed by atoms with Crippen molar-refractivity contribution in [2.24, 2.45) is 0 Å². The number of ketones is 1. The van der Waals surface area contributed by atoms with E-state index in [0.29, 0.717) is 6.61 Å². The molecule has 3 rings (SSSR count). The van der Waals surface area contributed by atoms with Crippen LogP contribution in [0.15, 0.2) is 54.6 Å². The highest BCUT2D eigenvalue weighted by Gasteiger charge is 2.32. The minimum Gasteiger partial charge on any atom is -0.489 e. The molecule has 0 radical (unpaired) electrons. The maximum absolute atomic E-state index is 12.0. The predicted molar refractivity (Wildman–Crippen MR) is 89.6 cm³/mol. The molecular weight excluding hydrogens is 288 g/mol. The number of carbonyl (C=O) groups excluding carboxylic acids is 1. The van der Waals surface area contributed by atoms with Crippen LogP contribution in [-0.4, -0.2) is 17.0 Å². The van der Waals surface area contributed by atoms with Gasteiger partial charge in [-0.15, -0.1) is 0 Å². The largest absolute Gasteiger partial charge is 0.489 e. The zero-order valence-corrected chi connectivity index (χ0v) is 13.3. The van der Waals surface area contributed by atoms with Crippen LogP contribution in [0.2, 0.25) is 0 Å². The van der Waals surface area contributed by atoms with E-state index in [1.807, 2.05) is 56.3 Å². The summed E-state index contributed by atoms with van der Waals surface area (Å²) in [6, 6.07) is 13.9.